The van der Waals surface area contributed by atoms with Crippen LogP contribution in [0.4, 0.5) is 13.2 Å². The van der Waals surface area contributed by atoms with Gasteiger partial charge in [0.2, 0.25) is 0 Å². The highest BCUT2D eigenvalue weighted by Gasteiger charge is 2.37. The predicted octanol–water partition coefficient (Wildman–Crippen LogP) is 3.46. The molecule has 1 nitrogen and oxygen atoms in total. The molecule has 0 fully saturated rings. The van der Waals surface area contributed by atoms with E-state index in [1.807, 2.05) is 45.2 Å². The second kappa shape index (κ2) is 4.52. The van der Waals surface area contributed by atoms with E-state index in [0.29, 0.717) is 0 Å². The predicted molar refractivity (Wildman–Crippen MR) is 64.9 cm³/mol. The molecule has 0 bridgehead atoms. The fourth-order valence-electron chi connectivity index (χ4n) is 0.944. The molecular formula is C8H6F3I2N. The molecule has 1 aromatic carbocycles. The third kappa shape index (κ3) is 3.23. The van der Waals surface area contributed by atoms with Crippen molar-refractivity contribution in [3.05, 3.63) is 30.9 Å². The van der Waals surface area contributed by atoms with Gasteiger partial charge in [-0.2, -0.15) is 13.2 Å². The summed E-state index contributed by atoms with van der Waals surface area (Å²) >= 11 is 3.93. The first-order valence-electron chi connectivity index (χ1n) is 3.59. The molecule has 0 saturated carbocycles. The highest BCUT2D eigenvalue weighted by molar-refractivity contribution is 14.1. The molecule has 0 saturated heterocycles. The molecule has 14 heavy (non-hydrogen) atoms. The maximum absolute atomic E-state index is 12.3. The lowest BCUT2D eigenvalue weighted by molar-refractivity contribution is -0.149. The summed E-state index contributed by atoms with van der Waals surface area (Å²) in [7, 11) is 0. The minimum absolute atomic E-state index is 0.105. The molecule has 1 aromatic rings. The molecule has 0 radical (unpaired) electrons. The quantitative estimate of drug-likeness (QED) is 0.684. The first-order valence-corrected chi connectivity index (χ1v) is 5.75. The van der Waals surface area contributed by atoms with E-state index in [0.717, 1.165) is 7.14 Å². The van der Waals surface area contributed by atoms with Crippen LogP contribution in [0.5, 0.6) is 0 Å². The lowest BCUT2D eigenvalue weighted by Crippen LogP contribution is -2.28. The average molecular weight is 427 g/mol. The molecule has 2 N–H and O–H groups in total. The Balaban J connectivity index is 3.07. The third-order valence-corrected chi connectivity index (χ3v) is 2.84. The van der Waals surface area contributed by atoms with E-state index in [1.165, 1.54) is 12.1 Å². The van der Waals surface area contributed by atoms with E-state index in [4.69, 9.17) is 5.73 Å². The van der Waals surface area contributed by atoms with Crippen LogP contribution in [0.15, 0.2) is 18.2 Å². The Kier molecular flexibility index (Phi) is 4.03. The number of hydrogen-bond donors (Lipinski definition) is 1. The van der Waals surface area contributed by atoms with E-state index in [1.54, 1.807) is 6.07 Å². The fourth-order valence-corrected chi connectivity index (χ4v) is 2.93. The number of halogens is 5. The molecule has 78 valence electrons. The van der Waals surface area contributed by atoms with Crippen LogP contribution < -0.4 is 5.73 Å². The number of rotatable bonds is 1. The van der Waals surface area contributed by atoms with E-state index >= 15 is 0 Å². The van der Waals surface area contributed by atoms with Crippen molar-refractivity contribution < 1.29 is 13.2 Å². The van der Waals surface area contributed by atoms with Crippen molar-refractivity contribution in [2.45, 2.75) is 12.2 Å². The van der Waals surface area contributed by atoms with Crippen LogP contribution in [0.3, 0.4) is 0 Å². The standard InChI is InChI=1S/C8H6F3I2N/c9-8(10,11)7(14)4-1-5(12)3-6(13)2-4/h1-3,7H,14H2. The third-order valence-electron chi connectivity index (χ3n) is 1.60. The van der Waals surface area contributed by atoms with Crippen molar-refractivity contribution in [2.75, 3.05) is 0 Å². The topological polar surface area (TPSA) is 26.0 Å². The van der Waals surface area contributed by atoms with E-state index < -0.39 is 12.2 Å². The molecule has 0 amide bonds. The molecule has 0 aliphatic rings. The second-order valence-corrected chi connectivity index (χ2v) is 5.21. The van der Waals surface area contributed by atoms with Crippen LogP contribution in [-0.4, -0.2) is 6.18 Å². The SMILES string of the molecule is NC(c1cc(I)cc(I)c1)C(F)(F)F. The average Bonchev–Trinajstić information content (AvgIpc) is 1.99. The van der Waals surface area contributed by atoms with Crippen LogP contribution in [0.1, 0.15) is 11.6 Å². The van der Waals surface area contributed by atoms with Crippen molar-refractivity contribution in [3.63, 3.8) is 0 Å². The highest BCUT2D eigenvalue weighted by atomic mass is 127. The Hall–Kier alpha value is 0.430. The molecule has 0 heterocycles. The monoisotopic (exact) mass is 427 g/mol. The number of hydrogen-bond acceptors (Lipinski definition) is 1. The van der Waals surface area contributed by atoms with E-state index in [2.05, 4.69) is 0 Å². The van der Waals surface area contributed by atoms with Crippen molar-refractivity contribution in [2.24, 2.45) is 5.73 Å². The lowest BCUT2D eigenvalue weighted by atomic mass is 10.1. The Morgan fingerprint density at radius 2 is 1.50 bits per heavy atom. The summed E-state index contributed by atoms with van der Waals surface area (Å²) in [4.78, 5) is 0. The molecule has 6 heteroatoms. The molecular weight excluding hydrogens is 421 g/mol. The lowest BCUT2D eigenvalue weighted by Gasteiger charge is -2.16. The van der Waals surface area contributed by atoms with E-state index in [-0.39, 0.29) is 5.56 Å². The summed E-state index contributed by atoms with van der Waals surface area (Å²) in [6.07, 6.45) is -4.38. The minimum atomic E-state index is -4.38. The maximum atomic E-state index is 12.3. The molecule has 1 atom stereocenters. The fraction of sp³-hybridized carbons (Fsp3) is 0.250. The van der Waals surface area contributed by atoms with Gasteiger partial charge in [-0.05, 0) is 68.9 Å². The molecule has 0 aromatic heterocycles. The smallest absolute Gasteiger partial charge is 0.316 e. The number of alkyl halides is 3. The Bertz CT molecular complexity index is 318. The van der Waals surface area contributed by atoms with Crippen molar-refractivity contribution in [1.82, 2.24) is 0 Å². The van der Waals surface area contributed by atoms with Crippen molar-refractivity contribution in [1.29, 1.82) is 0 Å². The molecule has 0 spiro atoms. The van der Waals surface area contributed by atoms with Crippen LogP contribution >= 0.6 is 45.2 Å². The number of benzene rings is 1. The summed E-state index contributed by atoms with van der Waals surface area (Å²) in [5.41, 5.74) is 5.18. The summed E-state index contributed by atoms with van der Waals surface area (Å²) < 4.78 is 38.3. The van der Waals surface area contributed by atoms with Gasteiger partial charge in [0.05, 0.1) is 0 Å². The second-order valence-electron chi connectivity index (χ2n) is 2.72. The van der Waals surface area contributed by atoms with Crippen LogP contribution in [0.2, 0.25) is 0 Å². The van der Waals surface area contributed by atoms with Gasteiger partial charge in [0.15, 0.2) is 0 Å². The molecule has 0 aliphatic carbocycles. The zero-order chi connectivity index (χ0) is 10.9. The van der Waals surface area contributed by atoms with Gasteiger partial charge >= 0.3 is 6.18 Å². The van der Waals surface area contributed by atoms with Crippen LogP contribution in [-0.2, 0) is 0 Å². The van der Waals surface area contributed by atoms with E-state index in [9.17, 15) is 13.2 Å². The van der Waals surface area contributed by atoms with Gasteiger partial charge in [0, 0.05) is 7.14 Å². The zero-order valence-corrected chi connectivity index (χ0v) is 11.1. The number of nitrogens with two attached hydrogens (primary N) is 1. The van der Waals surface area contributed by atoms with Gasteiger partial charge in [-0.15, -0.1) is 0 Å². The zero-order valence-electron chi connectivity index (χ0n) is 6.78. The Morgan fingerprint density at radius 1 is 1.07 bits per heavy atom. The largest absolute Gasteiger partial charge is 0.407 e. The maximum Gasteiger partial charge on any atom is 0.407 e. The first-order chi connectivity index (χ1) is 6.30. The summed E-state index contributed by atoms with van der Waals surface area (Å²) in [6.45, 7) is 0. The summed E-state index contributed by atoms with van der Waals surface area (Å²) in [5, 5.41) is 0. The molecule has 0 aliphatic heterocycles. The first kappa shape index (κ1) is 12.5. The minimum Gasteiger partial charge on any atom is -0.316 e. The Labute approximate surface area is 107 Å². The van der Waals surface area contributed by atoms with Crippen LogP contribution in [0, 0.1) is 7.14 Å². The molecule has 1 unspecified atom stereocenters. The van der Waals surface area contributed by atoms with Gasteiger partial charge < -0.3 is 5.73 Å². The van der Waals surface area contributed by atoms with Gasteiger partial charge in [-0.1, -0.05) is 0 Å². The van der Waals surface area contributed by atoms with Gasteiger partial charge in [0.25, 0.3) is 0 Å². The molecule has 1 rings (SSSR count). The van der Waals surface area contributed by atoms with Crippen LogP contribution in [0.25, 0.3) is 0 Å². The summed E-state index contributed by atoms with van der Waals surface area (Å²) in [5.74, 6) is 0. The van der Waals surface area contributed by atoms with Gasteiger partial charge in [0.1, 0.15) is 6.04 Å². The highest BCUT2D eigenvalue weighted by Crippen LogP contribution is 2.31. The van der Waals surface area contributed by atoms with Crippen molar-refractivity contribution >= 4 is 45.2 Å². The van der Waals surface area contributed by atoms with Crippen molar-refractivity contribution in [3.8, 4) is 0 Å². The van der Waals surface area contributed by atoms with Gasteiger partial charge in [-0.25, -0.2) is 0 Å². The summed E-state index contributed by atoms with van der Waals surface area (Å²) in [6, 6.07) is 2.78. The van der Waals surface area contributed by atoms with Gasteiger partial charge in [-0.3, -0.25) is 0 Å². The normalized spacial score (nSPS) is 14.1. The Morgan fingerprint density at radius 3 is 1.86 bits per heavy atom.